The number of aliphatic carboxylic acids is 2. The molecule has 2 heterocycles. The summed E-state index contributed by atoms with van der Waals surface area (Å²) in [5.74, 6) is -2.80. The number of hydrogen-bond acceptors (Lipinski definition) is 7. The summed E-state index contributed by atoms with van der Waals surface area (Å²) in [6.45, 7) is 1.46. The van der Waals surface area contributed by atoms with Crippen LogP contribution >= 0.6 is 11.3 Å². The number of ether oxygens (including phenoxy) is 1. The molecule has 2 aromatic heterocycles. The molecule has 0 radical (unpaired) electrons. The van der Waals surface area contributed by atoms with Gasteiger partial charge in [-0.3, -0.25) is 14.1 Å². The molecular formula is C26H32N4O6S. The lowest BCUT2D eigenvalue weighted by atomic mass is 9.94. The van der Waals surface area contributed by atoms with Gasteiger partial charge in [0.05, 0.1) is 23.2 Å². The number of thiazole rings is 1. The van der Waals surface area contributed by atoms with Crippen molar-refractivity contribution in [3.8, 4) is 0 Å². The van der Waals surface area contributed by atoms with Crippen LogP contribution in [0.5, 0.6) is 0 Å². The number of hydrogen-bond donors (Lipinski definition) is 2. The zero-order valence-corrected chi connectivity index (χ0v) is 22.1. The molecule has 4 rings (SSSR count). The zero-order valence-electron chi connectivity index (χ0n) is 21.3. The van der Waals surface area contributed by atoms with Crippen molar-refractivity contribution in [1.29, 1.82) is 0 Å². The first-order valence-electron chi connectivity index (χ1n) is 12.3. The van der Waals surface area contributed by atoms with Crippen molar-refractivity contribution in [3.63, 3.8) is 0 Å². The molecule has 1 aliphatic carbocycles. The van der Waals surface area contributed by atoms with E-state index in [2.05, 4.69) is 4.98 Å². The van der Waals surface area contributed by atoms with E-state index >= 15 is 0 Å². The fourth-order valence-electron chi connectivity index (χ4n) is 4.96. The molecule has 1 aliphatic rings. The number of carbonyl (C=O) groups excluding carboxylic acids is 1. The molecule has 1 fully saturated rings. The molecule has 198 valence electrons. The first kappa shape index (κ1) is 26.8. The van der Waals surface area contributed by atoms with Gasteiger partial charge in [-0.05, 0) is 31.5 Å². The molecule has 1 amide bonds. The standard InChI is InChI=1S/C26H32N4O6S/c1-28(11-12-36-3)14-16-9-10-19-23(22(16)18(25(34)35)13-21(31)32)30-15-20(37-26(30)27-19)24(33)29(2)17-7-5-4-6-8-17/h9-10,13,15,17H,4-8,11-12,14H2,1-3H3,(H,31,32)(H,34,35)/b18-13-. The largest absolute Gasteiger partial charge is 0.478 e. The summed E-state index contributed by atoms with van der Waals surface area (Å²) in [5.41, 5.74) is 1.58. The predicted octanol–water partition coefficient (Wildman–Crippen LogP) is 3.58. The number of aromatic nitrogens is 2. The number of carbonyl (C=O) groups is 3. The number of carboxylic acid groups (broad SMARTS) is 2. The second-order valence-electron chi connectivity index (χ2n) is 9.47. The van der Waals surface area contributed by atoms with E-state index < -0.39 is 11.9 Å². The minimum absolute atomic E-state index is 0.0907. The Balaban J connectivity index is 1.84. The summed E-state index contributed by atoms with van der Waals surface area (Å²) in [6.07, 6.45) is 7.79. The maximum absolute atomic E-state index is 13.3. The Morgan fingerprint density at radius 2 is 1.92 bits per heavy atom. The van der Waals surface area contributed by atoms with Gasteiger partial charge in [0.15, 0.2) is 4.96 Å². The van der Waals surface area contributed by atoms with Gasteiger partial charge in [0, 0.05) is 51.1 Å². The van der Waals surface area contributed by atoms with Crippen LogP contribution in [0, 0.1) is 0 Å². The van der Waals surface area contributed by atoms with E-state index in [0.717, 1.165) is 25.7 Å². The van der Waals surface area contributed by atoms with E-state index in [1.54, 1.807) is 34.7 Å². The Kier molecular flexibility index (Phi) is 8.25. The first-order valence-corrected chi connectivity index (χ1v) is 13.1. The van der Waals surface area contributed by atoms with E-state index in [1.807, 2.05) is 19.0 Å². The van der Waals surface area contributed by atoms with Crippen molar-refractivity contribution >= 4 is 50.7 Å². The number of methoxy groups -OCH3 is 1. The topological polar surface area (TPSA) is 125 Å². The molecule has 0 saturated heterocycles. The SMILES string of the molecule is COCCN(C)Cc1ccc2nc3sc(C(=O)N(C)C4CCCCC4)cn3c2c1/C(=C/C(=O)O)C(=O)O. The Morgan fingerprint density at radius 3 is 2.57 bits per heavy atom. The highest BCUT2D eigenvalue weighted by Gasteiger charge is 2.27. The number of likely N-dealkylation sites (N-methyl/N-ethyl adjacent to an activating group) is 1. The summed E-state index contributed by atoms with van der Waals surface area (Å²) < 4.78 is 6.87. The van der Waals surface area contributed by atoms with Crippen LogP contribution < -0.4 is 0 Å². The van der Waals surface area contributed by atoms with E-state index in [0.29, 0.717) is 52.2 Å². The van der Waals surface area contributed by atoms with Gasteiger partial charge in [0.25, 0.3) is 5.91 Å². The number of amides is 1. The third-order valence-electron chi connectivity index (χ3n) is 6.89. The summed E-state index contributed by atoms with van der Waals surface area (Å²) in [5, 5.41) is 19.4. The summed E-state index contributed by atoms with van der Waals surface area (Å²) in [4.78, 5) is 46.6. The van der Waals surface area contributed by atoms with Crippen molar-refractivity contribution in [2.24, 2.45) is 0 Å². The van der Waals surface area contributed by atoms with Crippen molar-refractivity contribution < 1.29 is 29.3 Å². The predicted molar refractivity (Wildman–Crippen MR) is 141 cm³/mol. The normalized spacial score (nSPS) is 15.1. The van der Waals surface area contributed by atoms with Crippen molar-refractivity contribution in [2.75, 3.05) is 34.4 Å². The van der Waals surface area contributed by atoms with Crippen LogP contribution in [0.1, 0.15) is 52.9 Å². The number of carboxylic acids is 2. The van der Waals surface area contributed by atoms with Crippen LogP contribution in [0.2, 0.25) is 0 Å². The highest BCUT2D eigenvalue weighted by molar-refractivity contribution is 7.19. The molecule has 3 aromatic rings. The first-order chi connectivity index (χ1) is 17.7. The summed E-state index contributed by atoms with van der Waals surface area (Å²) in [6, 6.07) is 3.78. The molecule has 2 N–H and O–H groups in total. The molecule has 0 spiro atoms. The summed E-state index contributed by atoms with van der Waals surface area (Å²) in [7, 11) is 5.31. The quantitative estimate of drug-likeness (QED) is 0.383. The highest BCUT2D eigenvalue weighted by Crippen LogP contribution is 2.34. The second-order valence-corrected chi connectivity index (χ2v) is 10.5. The third-order valence-corrected chi connectivity index (χ3v) is 7.86. The Morgan fingerprint density at radius 1 is 1.19 bits per heavy atom. The van der Waals surface area contributed by atoms with E-state index in [4.69, 9.17) is 4.74 Å². The number of fused-ring (bicyclic) bond motifs is 3. The average Bonchev–Trinajstić information content (AvgIpc) is 3.44. The van der Waals surface area contributed by atoms with Gasteiger partial charge < -0.3 is 19.8 Å². The molecule has 1 saturated carbocycles. The molecule has 37 heavy (non-hydrogen) atoms. The Labute approximate surface area is 218 Å². The van der Waals surface area contributed by atoms with Gasteiger partial charge in [-0.25, -0.2) is 14.6 Å². The molecule has 0 bridgehead atoms. The summed E-state index contributed by atoms with van der Waals surface area (Å²) >= 11 is 1.25. The molecule has 0 unspecified atom stereocenters. The van der Waals surface area contributed by atoms with Gasteiger partial charge in [0.2, 0.25) is 0 Å². The fraction of sp³-hybridized carbons (Fsp3) is 0.462. The lowest BCUT2D eigenvalue weighted by molar-refractivity contribution is -0.133. The van der Waals surface area contributed by atoms with Crippen LogP contribution in [0.25, 0.3) is 21.6 Å². The minimum atomic E-state index is -1.36. The van der Waals surface area contributed by atoms with Crippen LogP contribution in [-0.4, -0.2) is 87.6 Å². The Hall–Kier alpha value is -3.28. The third kappa shape index (κ3) is 5.68. The molecule has 0 aliphatic heterocycles. The van der Waals surface area contributed by atoms with Gasteiger partial charge >= 0.3 is 11.9 Å². The van der Waals surface area contributed by atoms with E-state index in [-0.39, 0.29) is 23.1 Å². The van der Waals surface area contributed by atoms with Crippen LogP contribution in [0.3, 0.4) is 0 Å². The number of imidazole rings is 1. The van der Waals surface area contributed by atoms with Crippen molar-refractivity contribution in [3.05, 3.63) is 40.4 Å². The van der Waals surface area contributed by atoms with Crippen LogP contribution in [0.15, 0.2) is 24.4 Å². The fourth-order valence-corrected chi connectivity index (χ4v) is 5.94. The van der Waals surface area contributed by atoms with Gasteiger partial charge in [-0.15, -0.1) is 0 Å². The number of nitrogens with zero attached hydrogens (tertiary/aromatic N) is 4. The van der Waals surface area contributed by atoms with Crippen LogP contribution in [-0.2, 0) is 20.9 Å². The molecule has 10 nitrogen and oxygen atoms in total. The lowest BCUT2D eigenvalue weighted by Gasteiger charge is -2.30. The molecule has 0 atom stereocenters. The van der Waals surface area contributed by atoms with Crippen molar-refractivity contribution in [2.45, 2.75) is 44.7 Å². The molecular weight excluding hydrogens is 496 g/mol. The minimum Gasteiger partial charge on any atom is -0.478 e. The van der Waals surface area contributed by atoms with Gasteiger partial charge in [-0.2, -0.15) is 0 Å². The lowest BCUT2D eigenvalue weighted by Crippen LogP contribution is -2.37. The van der Waals surface area contributed by atoms with E-state index in [1.165, 1.54) is 17.8 Å². The van der Waals surface area contributed by atoms with Gasteiger partial charge in [-0.1, -0.05) is 36.7 Å². The van der Waals surface area contributed by atoms with Crippen LogP contribution in [0.4, 0.5) is 0 Å². The maximum atomic E-state index is 13.3. The zero-order chi connectivity index (χ0) is 26.7. The average molecular weight is 529 g/mol. The smallest absolute Gasteiger partial charge is 0.336 e. The Bertz CT molecular complexity index is 1350. The highest BCUT2D eigenvalue weighted by atomic mass is 32.1. The number of rotatable bonds is 10. The maximum Gasteiger partial charge on any atom is 0.336 e. The number of benzene rings is 1. The van der Waals surface area contributed by atoms with Crippen molar-refractivity contribution in [1.82, 2.24) is 19.2 Å². The molecule has 1 aromatic carbocycles. The van der Waals surface area contributed by atoms with Gasteiger partial charge in [0.1, 0.15) is 4.88 Å². The molecule has 11 heteroatoms. The monoisotopic (exact) mass is 528 g/mol. The second kappa shape index (κ2) is 11.4. The van der Waals surface area contributed by atoms with E-state index in [9.17, 15) is 24.6 Å².